The Morgan fingerprint density at radius 3 is 2.66 bits per heavy atom. The molecule has 1 saturated heterocycles. The molecule has 0 aromatic heterocycles. The van der Waals surface area contributed by atoms with Crippen molar-refractivity contribution in [1.82, 2.24) is 5.32 Å². The minimum Gasteiger partial charge on any atom is -0.495 e. The largest absolute Gasteiger partial charge is 0.495 e. The SMILES string of the molecule is COc1ccc(S(=O)(=O)Nc2ccccc2C(=O)NC[C@@H]2CCCO2)c(Cl)c1Cl. The van der Waals surface area contributed by atoms with Gasteiger partial charge in [-0.1, -0.05) is 35.3 Å². The number of para-hydroxylation sites is 1. The van der Waals surface area contributed by atoms with E-state index in [1.54, 1.807) is 12.1 Å². The molecule has 29 heavy (non-hydrogen) atoms. The average molecular weight is 459 g/mol. The Labute approximate surface area is 179 Å². The van der Waals surface area contributed by atoms with Crippen LogP contribution in [0.4, 0.5) is 5.69 Å². The molecule has 0 unspecified atom stereocenters. The summed E-state index contributed by atoms with van der Waals surface area (Å²) in [5, 5.41) is 2.60. The van der Waals surface area contributed by atoms with Crippen LogP contribution in [-0.4, -0.2) is 40.7 Å². The van der Waals surface area contributed by atoms with Gasteiger partial charge in [0.05, 0.1) is 29.5 Å². The highest BCUT2D eigenvalue weighted by Gasteiger charge is 2.24. The van der Waals surface area contributed by atoms with E-state index in [-0.39, 0.29) is 38.0 Å². The van der Waals surface area contributed by atoms with Crippen LogP contribution >= 0.6 is 23.2 Å². The predicted molar refractivity (Wildman–Crippen MR) is 112 cm³/mol. The number of nitrogens with one attached hydrogen (secondary N) is 2. The molecule has 2 aromatic carbocycles. The van der Waals surface area contributed by atoms with Gasteiger partial charge in [-0.2, -0.15) is 0 Å². The van der Waals surface area contributed by atoms with Crippen molar-refractivity contribution in [3.8, 4) is 5.75 Å². The molecule has 0 aliphatic carbocycles. The van der Waals surface area contributed by atoms with Crippen LogP contribution in [0.3, 0.4) is 0 Å². The first kappa shape index (κ1) is 21.7. The van der Waals surface area contributed by atoms with Gasteiger partial charge in [-0.15, -0.1) is 0 Å². The lowest BCUT2D eigenvalue weighted by molar-refractivity contribution is 0.0858. The second kappa shape index (κ2) is 9.21. The Kier molecular flexibility index (Phi) is 6.89. The van der Waals surface area contributed by atoms with Crippen molar-refractivity contribution in [1.29, 1.82) is 0 Å². The topological polar surface area (TPSA) is 93.7 Å². The first-order valence-corrected chi connectivity index (χ1v) is 11.1. The number of hydrogen-bond donors (Lipinski definition) is 2. The van der Waals surface area contributed by atoms with Gasteiger partial charge in [-0.3, -0.25) is 9.52 Å². The number of anilines is 1. The smallest absolute Gasteiger partial charge is 0.263 e. The second-order valence-electron chi connectivity index (χ2n) is 6.39. The molecule has 1 fully saturated rings. The number of ether oxygens (including phenoxy) is 2. The van der Waals surface area contributed by atoms with Crippen molar-refractivity contribution in [3.63, 3.8) is 0 Å². The molecule has 0 bridgehead atoms. The van der Waals surface area contributed by atoms with E-state index in [0.717, 1.165) is 12.8 Å². The Balaban J connectivity index is 1.83. The van der Waals surface area contributed by atoms with Gasteiger partial charge in [0.15, 0.2) is 0 Å². The van der Waals surface area contributed by atoms with Crippen molar-refractivity contribution < 1.29 is 22.7 Å². The van der Waals surface area contributed by atoms with E-state index in [2.05, 4.69) is 10.0 Å². The highest BCUT2D eigenvalue weighted by atomic mass is 35.5. The fourth-order valence-electron chi connectivity index (χ4n) is 2.96. The van der Waals surface area contributed by atoms with Crippen LogP contribution in [0.5, 0.6) is 5.75 Å². The minimum absolute atomic E-state index is 0.0142. The molecule has 2 aromatic rings. The van der Waals surface area contributed by atoms with E-state index in [1.807, 2.05) is 0 Å². The maximum Gasteiger partial charge on any atom is 0.263 e. The Morgan fingerprint density at radius 2 is 1.97 bits per heavy atom. The summed E-state index contributed by atoms with van der Waals surface area (Å²) in [6, 6.07) is 8.99. The summed E-state index contributed by atoms with van der Waals surface area (Å²) in [6.45, 7) is 1.04. The molecule has 1 atom stereocenters. The fraction of sp³-hybridized carbons (Fsp3) is 0.316. The van der Waals surface area contributed by atoms with Crippen LogP contribution < -0.4 is 14.8 Å². The fourth-order valence-corrected chi connectivity index (χ4v) is 4.88. The van der Waals surface area contributed by atoms with E-state index in [4.69, 9.17) is 32.7 Å². The van der Waals surface area contributed by atoms with Gasteiger partial charge in [0.1, 0.15) is 15.7 Å². The molecule has 0 saturated carbocycles. The number of carbonyl (C=O) groups is 1. The summed E-state index contributed by atoms with van der Waals surface area (Å²) in [5.74, 6) is -0.151. The average Bonchev–Trinajstić information content (AvgIpc) is 3.21. The highest BCUT2D eigenvalue weighted by molar-refractivity contribution is 7.92. The maximum atomic E-state index is 12.9. The highest BCUT2D eigenvalue weighted by Crippen LogP contribution is 2.37. The van der Waals surface area contributed by atoms with Crippen LogP contribution in [0.15, 0.2) is 41.3 Å². The van der Waals surface area contributed by atoms with Crippen LogP contribution in [0, 0.1) is 0 Å². The molecule has 7 nitrogen and oxygen atoms in total. The lowest BCUT2D eigenvalue weighted by Gasteiger charge is -2.15. The van der Waals surface area contributed by atoms with Crippen molar-refractivity contribution >= 4 is 44.8 Å². The van der Waals surface area contributed by atoms with Crippen LogP contribution in [0.25, 0.3) is 0 Å². The van der Waals surface area contributed by atoms with Crippen LogP contribution in [0.1, 0.15) is 23.2 Å². The Hall–Kier alpha value is -2.00. The Morgan fingerprint density at radius 1 is 1.21 bits per heavy atom. The molecule has 1 aliphatic rings. The number of methoxy groups -OCH3 is 1. The Bertz CT molecular complexity index is 1010. The first-order chi connectivity index (χ1) is 13.8. The van der Waals surface area contributed by atoms with E-state index in [1.165, 1.54) is 31.4 Å². The summed E-state index contributed by atoms with van der Waals surface area (Å²) in [7, 11) is -2.71. The van der Waals surface area contributed by atoms with E-state index < -0.39 is 15.9 Å². The minimum atomic E-state index is -4.10. The van der Waals surface area contributed by atoms with Crippen molar-refractivity contribution in [2.24, 2.45) is 0 Å². The van der Waals surface area contributed by atoms with Gasteiger partial charge in [0.2, 0.25) is 0 Å². The maximum absolute atomic E-state index is 12.9. The van der Waals surface area contributed by atoms with E-state index in [0.29, 0.717) is 13.2 Å². The molecule has 3 rings (SSSR count). The normalized spacial score (nSPS) is 16.4. The second-order valence-corrected chi connectivity index (χ2v) is 8.80. The van der Waals surface area contributed by atoms with E-state index in [9.17, 15) is 13.2 Å². The summed E-state index contributed by atoms with van der Waals surface area (Å²) >= 11 is 12.2. The van der Waals surface area contributed by atoms with E-state index >= 15 is 0 Å². The number of halogens is 2. The molecule has 2 N–H and O–H groups in total. The molecule has 0 spiro atoms. The molecular formula is C19H20Cl2N2O5S. The zero-order chi connectivity index (χ0) is 21.0. The van der Waals surface area contributed by atoms with Gasteiger partial charge in [-0.25, -0.2) is 8.42 Å². The zero-order valence-electron chi connectivity index (χ0n) is 15.6. The van der Waals surface area contributed by atoms with Gasteiger partial charge in [0.25, 0.3) is 15.9 Å². The molecule has 1 amide bonds. The molecule has 1 aliphatic heterocycles. The number of hydrogen-bond acceptors (Lipinski definition) is 5. The monoisotopic (exact) mass is 458 g/mol. The summed E-state index contributed by atoms with van der Waals surface area (Å²) in [4.78, 5) is 12.4. The van der Waals surface area contributed by atoms with Gasteiger partial charge < -0.3 is 14.8 Å². The summed E-state index contributed by atoms with van der Waals surface area (Å²) < 4.78 is 38.7. The molecular weight excluding hydrogens is 439 g/mol. The third-order valence-corrected chi connectivity index (χ3v) is 6.84. The van der Waals surface area contributed by atoms with Gasteiger partial charge in [-0.05, 0) is 37.1 Å². The number of rotatable bonds is 7. The number of amides is 1. The standard InChI is InChI=1S/C19H20Cl2N2O5S/c1-27-15-8-9-16(18(21)17(15)20)29(25,26)23-14-7-3-2-6-13(14)19(24)22-11-12-5-4-10-28-12/h2-3,6-9,12,23H,4-5,10-11H2,1H3,(H,22,24)/t12-/m0/s1. The third kappa shape index (κ3) is 4.95. The van der Waals surface area contributed by atoms with Crippen LogP contribution in [-0.2, 0) is 14.8 Å². The predicted octanol–water partition coefficient (Wildman–Crippen LogP) is 3.71. The lowest BCUT2D eigenvalue weighted by Crippen LogP contribution is -2.32. The van der Waals surface area contributed by atoms with Crippen molar-refractivity contribution in [2.75, 3.05) is 25.0 Å². The lowest BCUT2D eigenvalue weighted by atomic mass is 10.1. The number of sulfonamides is 1. The number of carbonyl (C=O) groups excluding carboxylic acids is 1. The van der Waals surface area contributed by atoms with Crippen molar-refractivity contribution in [3.05, 3.63) is 52.0 Å². The van der Waals surface area contributed by atoms with Gasteiger partial charge >= 0.3 is 0 Å². The molecule has 10 heteroatoms. The number of benzene rings is 2. The molecule has 156 valence electrons. The molecule has 1 heterocycles. The zero-order valence-corrected chi connectivity index (χ0v) is 17.9. The van der Waals surface area contributed by atoms with Gasteiger partial charge in [0, 0.05) is 13.2 Å². The summed E-state index contributed by atoms with van der Waals surface area (Å²) in [6.07, 6.45) is 1.82. The van der Waals surface area contributed by atoms with Crippen LogP contribution in [0.2, 0.25) is 10.0 Å². The molecule has 0 radical (unpaired) electrons. The quantitative estimate of drug-likeness (QED) is 0.659. The summed E-state index contributed by atoms with van der Waals surface area (Å²) in [5.41, 5.74) is 0.310. The van der Waals surface area contributed by atoms with Crippen molar-refractivity contribution in [2.45, 2.75) is 23.8 Å². The first-order valence-electron chi connectivity index (χ1n) is 8.87. The third-order valence-electron chi connectivity index (χ3n) is 4.45.